The lowest BCUT2D eigenvalue weighted by Crippen LogP contribution is -2.56. The van der Waals surface area contributed by atoms with Crippen molar-refractivity contribution in [2.45, 2.75) is 13.0 Å². The third-order valence-electron chi connectivity index (χ3n) is 4.01. The Labute approximate surface area is 140 Å². The van der Waals surface area contributed by atoms with Gasteiger partial charge in [0.1, 0.15) is 6.10 Å². The molecule has 0 bridgehead atoms. The number of nitrogens with zero attached hydrogens (tertiary/aromatic N) is 1. The van der Waals surface area contributed by atoms with Crippen LogP contribution >= 0.6 is 0 Å². The van der Waals surface area contributed by atoms with E-state index in [0.717, 1.165) is 0 Å². The number of benzene rings is 2. The average Bonchev–Trinajstić information content (AvgIpc) is 2.57. The van der Waals surface area contributed by atoms with Gasteiger partial charge in [-0.05, 0) is 31.2 Å². The minimum atomic E-state index is -0.0852. The van der Waals surface area contributed by atoms with Crippen molar-refractivity contribution < 1.29 is 19.1 Å². The van der Waals surface area contributed by atoms with Gasteiger partial charge in [0.05, 0.1) is 20.2 Å². The van der Waals surface area contributed by atoms with E-state index in [-0.39, 0.29) is 17.8 Å². The van der Waals surface area contributed by atoms with Gasteiger partial charge in [0, 0.05) is 11.1 Å². The number of carbonyl (C=O) groups is 2. The van der Waals surface area contributed by atoms with Crippen molar-refractivity contribution in [2.24, 2.45) is 0 Å². The number of para-hydroxylation sites is 2. The first-order valence-electron chi connectivity index (χ1n) is 7.78. The van der Waals surface area contributed by atoms with E-state index in [4.69, 9.17) is 9.47 Å². The van der Waals surface area contributed by atoms with Crippen LogP contribution in [0.5, 0.6) is 11.5 Å². The van der Waals surface area contributed by atoms with Gasteiger partial charge in [0.15, 0.2) is 17.3 Å². The molecule has 124 valence electrons. The normalized spacial score (nSPS) is 14.0. The lowest BCUT2D eigenvalue weighted by Gasteiger charge is -2.39. The maximum atomic E-state index is 12.5. The fourth-order valence-corrected chi connectivity index (χ4v) is 2.63. The van der Waals surface area contributed by atoms with Gasteiger partial charge >= 0.3 is 0 Å². The fourth-order valence-electron chi connectivity index (χ4n) is 2.63. The molecule has 1 saturated heterocycles. The highest BCUT2D eigenvalue weighted by Crippen LogP contribution is 2.29. The number of methoxy groups -OCH3 is 1. The SMILES string of the molecule is COc1ccccc1OC1CN(C(=O)c2cccc(C(C)=O)c2)C1. The smallest absolute Gasteiger partial charge is 0.254 e. The van der Waals surface area contributed by atoms with E-state index < -0.39 is 0 Å². The molecule has 0 radical (unpaired) electrons. The molecule has 0 spiro atoms. The van der Waals surface area contributed by atoms with Crippen LogP contribution in [0.25, 0.3) is 0 Å². The van der Waals surface area contributed by atoms with Crippen LogP contribution in [-0.4, -0.2) is 42.9 Å². The maximum Gasteiger partial charge on any atom is 0.254 e. The predicted molar refractivity (Wildman–Crippen MR) is 89.8 cm³/mol. The minimum Gasteiger partial charge on any atom is -0.493 e. The zero-order chi connectivity index (χ0) is 17.1. The number of likely N-dealkylation sites (tertiary alicyclic amines) is 1. The second-order valence-electron chi connectivity index (χ2n) is 5.74. The quantitative estimate of drug-likeness (QED) is 0.793. The van der Waals surface area contributed by atoms with Gasteiger partial charge in [-0.1, -0.05) is 24.3 Å². The van der Waals surface area contributed by atoms with E-state index in [2.05, 4.69) is 0 Å². The van der Waals surface area contributed by atoms with Gasteiger partial charge in [-0.25, -0.2) is 0 Å². The summed E-state index contributed by atoms with van der Waals surface area (Å²) in [5, 5.41) is 0. The number of hydrogen-bond acceptors (Lipinski definition) is 4. The molecule has 0 aromatic heterocycles. The Hall–Kier alpha value is -2.82. The van der Waals surface area contributed by atoms with Crippen LogP contribution < -0.4 is 9.47 Å². The number of hydrogen-bond donors (Lipinski definition) is 0. The highest BCUT2D eigenvalue weighted by Gasteiger charge is 2.33. The third-order valence-corrected chi connectivity index (χ3v) is 4.01. The van der Waals surface area contributed by atoms with Crippen molar-refractivity contribution in [1.82, 2.24) is 4.90 Å². The lowest BCUT2D eigenvalue weighted by atomic mass is 10.0. The van der Waals surface area contributed by atoms with Crippen LogP contribution in [0.15, 0.2) is 48.5 Å². The van der Waals surface area contributed by atoms with Crippen molar-refractivity contribution >= 4 is 11.7 Å². The molecule has 3 rings (SSSR count). The third kappa shape index (κ3) is 3.25. The Bertz CT molecular complexity index is 765. The van der Waals surface area contributed by atoms with Crippen LogP contribution in [0, 0.1) is 0 Å². The summed E-state index contributed by atoms with van der Waals surface area (Å²) in [5.74, 6) is 1.22. The molecule has 2 aromatic rings. The van der Waals surface area contributed by atoms with E-state index in [1.54, 1.807) is 36.3 Å². The first-order valence-corrected chi connectivity index (χ1v) is 7.78. The standard InChI is InChI=1S/C19H19NO4/c1-13(21)14-6-5-7-15(10-14)19(22)20-11-16(12-20)24-18-9-4-3-8-17(18)23-2/h3-10,16H,11-12H2,1-2H3. The Morgan fingerprint density at radius 2 is 1.67 bits per heavy atom. The average molecular weight is 325 g/mol. The Morgan fingerprint density at radius 1 is 1.00 bits per heavy atom. The van der Waals surface area contributed by atoms with E-state index in [1.807, 2.05) is 24.3 Å². The van der Waals surface area contributed by atoms with Gasteiger partial charge in [0.2, 0.25) is 0 Å². The number of Topliss-reactive ketones (excluding diaryl/α,β-unsaturated/α-hetero) is 1. The molecule has 1 fully saturated rings. The molecule has 24 heavy (non-hydrogen) atoms. The Morgan fingerprint density at radius 3 is 2.33 bits per heavy atom. The van der Waals surface area contributed by atoms with Crippen LogP contribution in [0.2, 0.25) is 0 Å². The highest BCUT2D eigenvalue weighted by molar-refractivity contribution is 5.99. The van der Waals surface area contributed by atoms with Crippen molar-refractivity contribution in [1.29, 1.82) is 0 Å². The zero-order valence-electron chi connectivity index (χ0n) is 13.7. The van der Waals surface area contributed by atoms with Gasteiger partial charge in [-0.15, -0.1) is 0 Å². The first-order chi connectivity index (χ1) is 11.6. The highest BCUT2D eigenvalue weighted by atomic mass is 16.5. The van der Waals surface area contributed by atoms with E-state index >= 15 is 0 Å². The number of carbonyl (C=O) groups excluding carboxylic acids is 2. The van der Waals surface area contributed by atoms with Crippen molar-refractivity contribution in [2.75, 3.05) is 20.2 Å². The molecule has 2 aromatic carbocycles. The van der Waals surface area contributed by atoms with Crippen molar-refractivity contribution in [3.63, 3.8) is 0 Å². The second kappa shape index (κ2) is 6.74. The molecule has 5 heteroatoms. The van der Waals surface area contributed by atoms with Crippen molar-refractivity contribution in [3.05, 3.63) is 59.7 Å². The molecule has 1 amide bonds. The molecular formula is C19H19NO4. The largest absolute Gasteiger partial charge is 0.493 e. The number of ether oxygens (including phenoxy) is 2. The van der Waals surface area contributed by atoms with Crippen LogP contribution in [0.4, 0.5) is 0 Å². The Kier molecular flexibility index (Phi) is 4.51. The molecule has 1 aliphatic rings. The summed E-state index contributed by atoms with van der Waals surface area (Å²) in [6.45, 7) is 2.52. The summed E-state index contributed by atoms with van der Waals surface area (Å²) in [5.41, 5.74) is 1.07. The monoisotopic (exact) mass is 325 g/mol. The van der Waals surface area contributed by atoms with Gasteiger partial charge in [-0.2, -0.15) is 0 Å². The number of ketones is 1. The molecule has 0 aliphatic carbocycles. The molecule has 0 atom stereocenters. The van der Waals surface area contributed by atoms with Gasteiger partial charge in [0.25, 0.3) is 5.91 Å². The number of amides is 1. The molecule has 0 saturated carbocycles. The summed E-state index contributed by atoms with van der Waals surface area (Å²) < 4.78 is 11.1. The summed E-state index contributed by atoms with van der Waals surface area (Å²) >= 11 is 0. The summed E-state index contributed by atoms with van der Waals surface area (Å²) in [7, 11) is 1.60. The van der Waals surface area contributed by atoms with Gasteiger partial charge in [-0.3, -0.25) is 9.59 Å². The molecule has 0 N–H and O–H groups in total. The molecule has 1 heterocycles. The first kappa shape index (κ1) is 16.1. The number of rotatable bonds is 5. The molecular weight excluding hydrogens is 306 g/mol. The minimum absolute atomic E-state index is 0.0503. The summed E-state index contributed by atoms with van der Waals surface area (Å²) in [6, 6.07) is 14.2. The Balaban J connectivity index is 1.61. The summed E-state index contributed by atoms with van der Waals surface area (Å²) in [4.78, 5) is 25.6. The summed E-state index contributed by atoms with van der Waals surface area (Å²) in [6.07, 6.45) is -0.0544. The van der Waals surface area contributed by atoms with Crippen LogP contribution in [-0.2, 0) is 0 Å². The predicted octanol–water partition coefficient (Wildman–Crippen LogP) is 2.80. The van der Waals surface area contributed by atoms with Gasteiger partial charge < -0.3 is 14.4 Å². The van der Waals surface area contributed by atoms with E-state index in [1.165, 1.54) is 6.92 Å². The topological polar surface area (TPSA) is 55.8 Å². The molecule has 1 aliphatic heterocycles. The lowest BCUT2D eigenvalue weighted by molar-refractivity contribution is 0.0169. The zero-order valence-corrected chi connectivity index (χ0v) is 13.7. The van der Waals surface area contributed by atoms with E-state index in [0.29, 0.717) is 35.7 Å². The maximum absolute atomic E-state index is 12.5. The van der Waals surface area contributed by atoms with Crippen LogP contribution in [0.3, 0.4) is 0 Å². The molecule has 0 unspecified atom stereocenters. The second-order valence-corrected chi connectivity index (χ2v) is 5.74. The van der Waals surface area contributed by atoms with E-state index in [9.17, 15) is 9.59 Å². The van der Waals surface area contributed by atoms with Crippen molar-refractivity contribution in [3.8, 4) is 11.5 Å². The van der Waals surface area contributed by atoms with Crippen LogP contribution in [0.1, 0.15) is 27.6 Å². The molecule has 5 nitrogen and oxygen atoms in total. The fraction of sp³-hybridized carbons (Fsp3) is 0.263.